The molecule has 0 aliphatic heterocycles. The molecule has 0 radical (unpaired) electrons. The summed E-state index contributed by atoms with van der Waals surface area (Å²) in [5, 5.41) is 12.2. The Morgan fingerprint density at radius 2 is 1.75 bits per heavy atom. The Labute approximate surface area is 165 Å². The van der Waals surface area contributed by atoms with Gasteiger partial charge < -0.3 is 14.8 Å². The van der Waals surface area contributed by atoms with Crippen molar-refractivity contribution in [2.75, 3.05) is 13.2 Å². The molecule has 0 atom stereocenters. The summed E-state index contributed by atoms with van der Waals surface area (Å²) in [7, 11) is 0. The van der Waals surface area contributed by atoms with Gasteiger partial charge in [0.2, 0.25) is 0 Å². The van der Waals surface area contributed by atoms with E-state index in [4.69, 9.17) is 10.1 Å². The van der Waals surface area contributed by atoms with Gasteiger partial charge in [0.15, 0.2) is 0 Å². The molecule has 0 saturated carbocycles. The lowest BCUT2D eigenvalue weighted by atomic mass is 9.95. The predicted octanol–water partition coefficient (Wildman–Crippen LogP) is 4.37. The highest BCUT2D eigenvalue weighted by molar-refractivity contribution is 5.77. The number of aromatic nitrogens is 2. The molecule has 2 aromatic heterocycles. The molecule has 4 aromatic rings. The van der Waals surface area contributed by atoms with Gasteiger partial charge in [-0.25, -0.2) is 4.98 Å². The second-order valence-electron chi connectivity index (χ2n) is 7.13. The van der Waals surface area contributed by atoms with E-state index in [9.17, 15) is 0 Å². The monoisotopic (exact) mass is 371 g/mol. The van der Waals surface area contributed by atoms with Crippen molar-refractivity contribution in [1.82, 2.24) is 14.7 Å². The molecule has 2 N–H and O–H groups in total. The van der Waals surface area contributed by atoms with E-state index in [-0.39, 0.29) is 6.61 Å². The SMILES string of the molecule is Cc1c(-c2ccccc2)cccc1-c1cn2cc(CNCCO)cc(C)c2n1. The van der Waals surface area contributed by atoms with Gasteiger partial charge in [0.05, 0.1) is 12.3 Å². The molecule has 0 unspecified atom stereocenters. The van der Waals surface area contributed by atoms with Crippen LogP contribution in [0.3, 0.4) is 0 Å². The average Bonchev–Trinajstić information content (AvgIpc) is 3.13. The number of imidazole rings is 1. The van der Waals surface area contributed by atoms with Crippen LogP contribution in [0.5, 0.6) is 0 Å². The molecule has 0 spiro atoms. The number of pyridine rings is 1. The second kappa shape index (κ2) is 7.97. The van der Waals surface area contributed by atoms with Crippen molar-refractivity contribution in [3.8, 4) is 22.4 Å². The van der Waals surface area contributed by atoms with Crippen LogP contribution in [-0.4, -0.2) is 27.6 Å². The van der Waals surface area contributed by atoms with E-state index in [1.807, 2.05) is 6.07 Å². The number of aryl methyl sites for hydroxylation is 1. The number of nitrogens with zero attached hydrogens (tertiary/aromatic N) is 2. The number of hydrogen-bond acceptors (Lipinski definition) is 3. The maximum atomic E-state index is 8.95. The molecular weight excluding hydrogens is 346 g/mol. The fourth-order valence-electron chi connectivity index (χ4n) is 3.72. The van der Waals surface area contributed by atoms with Gasteiger partial charge in [0.25, 0.3) is 0 Å². The van der Waals surface area contributed by atoms with Crippen LogP contribution >= 0.6 is 0 Å². The third-order valence-corrected chi connectivity index (χ3v) is 5.10. The Hall–Kier alpha value is -2.95. The van der Waals surface area contributed by atoms with Crippen molar-refractivity contribution < 1.29 is 5.11 Å². The molecule has 0 aliphatic carbocycles. The zero-order valence-electron chi connectivity index (χ0n) is 16.3. The predicted molar refractivity (Wildman–Crippen MR) is 114 cm³/mol. The van der Waals surface area contributed by atoms with Crippen LogP contribution in [-0.2, 0) is 6.54 Å². The van der Waals surface area contributed by atoms with E-state index >= 15 is 0 Å². The minimum Gasteiger partial charge on any atom is -0.395 e. The highest BCUT2D eigenvalue weighted by atomic mass is 16.3. The van der Waals surface area contributed by atoms with Crippen LogP contribution in [0.25, 0.3) is 28.0 Å². The summed E-state index contributed by atoms with van der Waals surface area (Å²) in [5.74, 6) is 0. The molecule has 142 valence electrons. The minimum absolute atomic E-state index is 0.146. The van der Waals surface area contributed by atoms with Gasteiger partial charge in [0.1, 0.15) is 5.65 Å². The maximum Gasteiger partial charge on any atom is 0.140 e. The highest BCUT2D eigenvalue weighted by Crippen LogP contribution is 2.31. The van der Waals surface area contributed by atoms with Crippen molar-refractivity contribution >= 4 is 5.65 Å². The molecular formula is C24H25N3O. The van der Waals surface area contributed by atoms with Gasteiger partial charge in [-0.05, 0) is 47.7 Å². The summed E-state index contributed by atoms with van der Waals surface area (Å²) in [4.78, 5) is 4.92. The first-order valence-corrected chi connectivity index (χ1v) is 9.62. The Morgan fingerprint density at radius 1 is 0.964 bits per heavy atom. The zero-order valence-corrected chi connectivity index (χ0v) is 16.3. The molecule has 2 heterocycles. The molecule has 0 bridgehead atoms. The summed E-state index contributed by atoms with van der Waals surface area (Å²) in [6.45, 7) is 5.73. The van der Waals surface area contributed by atoms with Crippen LogP contribution in [0.1, 0.15) is 16.7 Å². The Bertz CT molecular complexity index is 1100. The Morgan fingerprint density at radius 3 is 2.54 bits per heavy atom. The number of fused-ring (bicyclic) bond motifs is 1. The van der Waals surface area contributed by atoms with Crippen molar-refractivity contribution in [3.05, 3.63) is 83.7 Å². The number of aliphatic hydroxyl groups is 1. The molecule has 0 amide bonds. The summed E-state index contributed by atoms with van der Waals surface area (Å²) < 4.78 is 2.11. The first kappa shape index (κ1) is 18.4. The van der Waals surface area contributed by atoms with E-state index in [1.54, 1.807) is 0 Å². The van der Waals surface area contributed by atoms with Crippen LogP contribution in [0.4, 0.5) is 0 Å². The smallest absolute Gasteiger partial charge is 0.140 e. The van der Waals surface area contributed by atoms with Crippen LogP contribution in [0.2, 0.25) is 0 Å². The van der Waals surface area contributed by atoms with E-state index < -0.39 is 0 Å². The van der Waals surface area contributed by atoms with Crippen LogP contribution in [0, 0.1) is 13.8 Å². The van der Waals surface area contributed by atoms with Crippen molar-refractivity contribution in [2.45, 2.75) is 20.4 Å². The molecule has 0 saturated heterocycles. The molecule has 2 aromatic carbocycles. The van der Waals surface area contributed by atoms with E-state index in [0.717, 1.165) is 29.0 Å². The van der Waals surface area contributed by atoms with Gasteiger partial charge in [0, 0.05) is 31.0 Å². The van der Waals surface area contributed by atoms with Crippen LogP contribution < -0.4 is 5.32 Å². The summed E-state index contributed by atoms with van der Waals surface area (Å²) in [6.07, 6.45) is 4.22. The number of aliphatic hydroxyl groups excluding tert-OH is 1. The third kappa shape index (κ3) is 3.57. The molecule has 0 fully saturated rings. The topological polar surface area (TPSA) is 49.6 Å². The van der Waals surface area contributed by atoms with Crippen LogP contribution in [0.15, 0.2) is 67.0 Å². The molecule has 0 aliphatic rings. The van der Waals surface area contributed by atoms with Gasteiger partial charge in [-0.15, -0.1) is 0 Å². The van der Waals surface area contributed by atoms with Gasteiger partial charge in [-0.2, -0.15) is 0 Å². The first-order chi connectivity index (χ1) is 13.7. The molecule has 4 nitrogen and oxygen atoms in total. The number of rotatable bonds is 6. The fraction of sp³-hybridized carbons (Fsp3) is 0.208. The van der Waals surface area contributed by atoms with E-state index in [1.165, 1.54) is 22.3 Å². The molecule has 28 heavy (non-hydrogen) atoms. The third-order valence-electron chi connectivity index (χ3n) is 5.10. The number of benzene rings is 2. The highest BCUT2D eigenvalue weighted by Gasteiger charge is 2.12. The Balaban J connectivity index is 1.74. The van der Waals surface area contributed by atoms with Crippen molar-refractivity contribution in [1.29, 1.82) is 0 Å². The van der Waals surface area contributed by atoms with E-state index in [0.29, 0.717) is 6.54 Å². The average molecular weight is 371 g/mol. The standard InChI is InChI=1S/C24H25N3O/c1-17-13-19(14-25-11-12-28)15-27-16-23(26-24(17)27)22-10-6-9-21(18(22)2)20-7-4-3-5-8-20/h3-10,13,15-16,25,28H,11-12,14H2,1-2H3. The lowest BCUT2D eigenvalue weighted by Gasteiger charge is -2.10. The van der Waals surface area contributed by atoms with Gasteiger partial charge >= 0.3 is 0 Å². The lowest BCUT2D eigenvalue weighted by Crippen LogP contribution is -2.17. The fourth-order valence-corrected chi connectivity index (χ4v) is 3.72. The van der Waals surface area contributed by atoms with Crippen molar-refractivity contribution in [2.24, 2.45) is 0 Å². The summed E-state index contributed by atoms with van der Waals surface area (Å²) >= 11 is 0. The quantitative estimate of drug-likeness (QED) is 0.495. The zero-order chi connectivity index (χ0) is 19.5. The molecule has 4 heteroatoms. The Kier molecular flexibility index (Phi) is 5.24. The maximum absolute atomic E-state index is 8.95. The van der Waals surface area contributed by atoms with Gasteiger partial charge in [-0.1, -0.05) is 48.5 Å². The minimum atomic E-state index is 0.146. The number of nitrogens with one attached hydrogen (secondary N) is 1. The normalized spacial score (nSPS) is 11.2. The lowest BCUT2D eigenvalue weighted by molar-refractivity contribution is 0.292. The molecule has 4 rings (SSSR count). The van der Waals surface area contributed by atoms with E-state index in [2.05, 4.69) is 84.5 Å². The largest absolute Gasteiger partial charge is 0.395 e. The first-order valence-electron chi connectivity index (χ1n) is 9.62. The summed E-state index contributed by atoms with van der Waals surface area (Å²) in [5.41, 5.74) is 9.14. The second-order valence-corrected chi connectivity index (χ2v) is 7.13. The van der Waals surface area contributed by atoms with Gasteiger partial charge in [-0.3, -0.25) is 0 Å². The number of hydrogen-bond donors (Lipinski definition) is 2. The summed E-state index contributed by atoms with van der Waals surface area (Å²) in [6, 6.07) is 19.0. The van der Waals surface area contributed by atoms with Crippen molar-refractivity contribution in [3.63, 3.8) is 0 Å².